The fourth-order valence-corrected chi connectivity index (χ4v) is 6.49. The number of aryl methyl sites for hydroxylation is 1. The van der Waals surface area contributed by atoms with E-state index in [0.29, 0.717) is 17.3 Å². The molecule has 0 saturated heterocycles. The second kappa shape index (κ2) is 14.4. The minimum atomic E-state index is -4.15. The topological polar surface area (TPSA) is 86.8 Å². The smallest absolute Gasteiger partial charge is 0.264 e. The highest BCUT2D eigenvalue weighted by atomic mass is 35.5. The van der Waals surface area contributed by atoms with Gasteiger partial charge in [0.25, 0.3) is 10.0 Å². The fourth-order valence-electron chi connectivity index (χ4n) is 4.87. The number of nitrogens with one attached hydrogen (secondary N) is 1. The molecule has 7 nitrogen and oxygen atoms in total. The predicted octanol–water partition coefficient (Wildman–Crippen LogP) is 5.93. The van der Waals surface area contributed by atoms with E-state index in [9.17, 15) is 18.0 Å². The Hall–Kier alpha value is -4.14. The zero-order valence-corrected chi connectivity index (χ0v) is 26.1. The minimum Gasteiger partial charge on any atom is -0.355 e. The van der Waals surface area contributed by atoms with Crippen molar-refractivity contribution in [1.82, 2.24) is 10.2 Å². The first kappa shape index (κ1) is 31.8. The van der Waals surface area contributed by atoms with Gasteiger partial charge in [-0.25, -0.2) is 8.42 Å². The molecule has 1 atom stereocenters. The first-order valence-electron chi connectivity index (χ1n) is 14.1. The standard InChI is InChI=1S/C34H36ClN3O4S/c1-4-36-34(40)32(22-27-13-7-5-8-14-27)37(23-28-18-20-29(35)21-19-28)33(39)24-38(31-17-11-12-25(2)26(31)3)43(41,42)30-15-9-6-10-16-30/h5-21,32H,4,22-24H2,1-3H3,(H,36,40). The molecule has 1 unspecified atom stereocenters. The van der Waals surface area contributed by atoms with Crippen molar-refractivity contribution in [1.29, 1.82) is 0 Å². The van der Waals surface area contributed by atoms with Crippen LogP contribution < -0.4 is 9.62 Å². The third-order valence-corrected chi connectivity index (χ3v) is 9.37. The summed E-state index contributed by atoms with van der Waals surface area (Å²) in [5.74, 6) is -0.833. The third-order valence-electron chi connectivity index (χ3n) is 7.34. The van der Waals surface area contributed by atoms with E-state index in [-0.39, 0.29) is 23.8 Å². The van der Waals surface area contributed by atoms with E-state index in [4.69, 9.17) is 11.6 Å². The number of benzene rings is 4. The summed E-state index contributed by atoms with van der Waals surface area (Å²) < 4.78 is 29.4. The Balaban J connectivity index is 1.81. The van der Waals surface area contributed by atoms with Crippen molar-refractivity contribution in [2.75, 3.05) is 17.4 Å². The molecule has 0 aliphatic heterocycles. The number of hydrogen-bond acceptors (Lipinski definition) is 4. The second-order valence-corrected chi connectivity index (χ2v) is 12.6. The lowest BCUT2D eigenvalue weighted by Gasteiger charge is -2.34. The van der Waals surface area contributed by atoms with Crippen LogP contribution in [0.15, 0.2) is 108 Å². The monoisotopic (exact) mass is 617 g/mol. The Morgan fingerprint density at radius 3 is 2.07 bits per heavy atom. The molecule has 0 aliphatic rings. The summed E-state index contributed by atoms with van der Waals surface area (Å²) >= 11 is 6.13. The summed E-state index contributed by atoms with van der Waals surface area (Å²) in [6, 6.07) is 29.0. The van der Waals surface area contributed by atoms with Gasteiger partial charge < -0.3 is 10.2 Å². The van der Waals surface area contributed by atoms with Gasteiger partial charge in [0.1, 0.15) is 12.6 Å². The zero-order chi connectivity index (χ0) is 31.0. The average Bonchev–Trinajstić information content (AvgIpc) is 3.01. The maximum atomic E-state index is 14.4. The molecular weight excluding hydrogens is 582 g/mol. The molecule has 0 radical (unpaired) electrons. The molecule has 0 aliphatic carbocycles. The van der Waals surface area contributed by atoms with Crippen molar-refractivity contribution >= 4 is 39.1 Å². The number of carbonyl (C=O) groups is 2. The molecule has 2 amide bonds. The summed E-state index contributed by atoms with van der Waals surface area (Å²) in [4.78, 5) is 29.5. The highest BCUT2D eigenvalue weighted by Gasteiger charge is 2.35. The molecule has 4 rings (SSSR count). The zero-order valence-electron chi connectivity index (χ0n) is 24.5. The van der Waals surface area contributed by atoms with Crippen molar-refractivity contribution in [3.63, 3.8) is 0 Å². The van der Waals surface area contributed by atoms with Crippen LogP contribution in [-0.2, 0) is 32.6 Å². The van der Waals surface area contributed by atoms with Gasteiger partial charge in [0.15, 0.2) is 0 Å². The molecule has 43 heavy (non-hydrogen) atoms. The first-order valence-corrected chi connectivity index (χ1v) is 15.9. The maximum absolute atomic E-state index is 14.4. The van der Waals surface area contributed by atoms with E-state index >= 15 is 0 Å². The Morgan fingerprint density at radius 2 is 1.44 bits per heavy atom. The van der Waals surface area contributed by atoms with Gasteiger partial charge in [-0.3, -0.25) is 13.9 Å². The van der Waals surface area contributed by atoms with Crippen LogP contribution in [0, 0.1) is 13.8 Å². The van der Waals surface area contributed by atoms with E-state index in [0.717, 1.165) is 26.6 Å². The molecule has 0 aromatic heterocycles. The number of nitrogens with zero attached hydrogens (tertiary/aromatic N) is 2. The quantitative estimate of drug-likeness (QED) is 0.214. The van der Waals surface area contributed by atoms with E-state index in [2.05, 4.69) is 5.32 Å². The lowest BCUT2D eigenvalue weighted by Crippen LogP contribution is -2.53. The van der Waals surface area contributed by atoms with E-state index in [1.807, 2.05) is 57.2 Å². The van der Waals surface area contributed by atoms with Crippen LogP contribution in [0.1, 0.15) is 29.2 Å². The van der Waals surface area contributed by atoms with Crippen LogP contribution in [0.25, 0.3) is 0 Å². The summed E-state index contributed by atoms with van der Waals surface area (Å²) in [5.41, 5.74) is 3.66. The van der Waals surface area contributed by atoms with Gasteiger partial charge in [-0.15, -0.1) is 0 Å². The number of amides is 2. The van der Waals surface area contributed by atoms with Crippen LogP contribution in [0.3, 0.4) is 0 Å². The summed E-state index contributed by atoms with van der Waals surface area (Å²) in [7, 11) is -4.15. The maximum Gasteiger partial charge on any atom is 0.264 e. The first-order chi connectivity index (χ1) is 20.6. The molecule has 1 N–H and O–H groups in total. The minimum absolute atomic E-state index is 0.0671. The van der Waals surface area contributed by atoms with Gasteiger partial charge in [0.05, 0.1) is 10.6 Å². The Labute approximate surface area is 259 Å². The molecule has 0 heterocycles. The summed E-state index contributed by atoms with van der Waals surface area (Å²) in [6.45, 7) is 5.50. The van der Waals surface area contributed by atoms with Gasteiger partial charge >= 0.3 is 0 Å². The molecular formula is C34H36ClN3O4S. The Bertz CT molecular complexity index is 1650. The van der Waals surface area contributed by atoms with E-state index < -0.39 is 28.5 Å². The van der Waals surface area contributed by atoms with E-state index in [1.165, 1.54) is 17.0 Å². The molecule has 224 valence electrons. The van der Waals surface area contributed by atoms with Crippen molar-refractivity contribution < 1.29 is 18.0 Å². The van der Waals surface area contributed by atoms with Gasteiger partial charge in [0.2, 0.25) is 11.8 Å². The number of sulfonamides is 1. The lowest BCUT2D eigenvalue weighted by molar-refractivity contribution is -0.140. The molecule has 4 aromatic carbocycles. The van der Waals surface area contributed by atoms with Gasteiger partial charge in [-0.1, -0.05) is 84.4 Å². The fraction of sp³-hybridized carbons (Fsp3) is 0.235. The normalized spacial score (nSPS) is 11.9. The second-order valence-electron chi connectivity index (χ2n) is 10.3. The molecule has 0 spiro atoms. The Morgan fingerprint density at radius 1 is 0.814 bits per heavy atom. The number of rotatable bonds is 12. The van der Waals surface area contributed by atoms with Crippen molar-refractivity contribution in [2.45, 2.75) is 44.7 Å². The van der Waals surface area contributed by atoms with Crippen molar-refractivity contribution in [3.8, 4) is 0 Å². The highest BCUT2D eigenvalue weighted by molar-refractivity contribution is 7.92. The van der Waals surface area contributed by atoms with Crippen LogP contribution in [-0.4, -0.2) is 44.3 Å². The average molecular weight is 618 g/mol. The summed E-state index contributed by atoms with van der Waals surface area (Å²) in [6.07, 6.45) is 0.251. The molecule has 0 saturated carbocycles. The van der Waals surface area contributed by atoms with Crippen LogP contribution in [0.2, 0.25) is 5.02 Å². The molecule has 0 bridgehead atoms. The Kier molecular flexibility index (Phi) is 10.6. The number of carbonyl (C=O) groups excluding carboxylic acids is 2. The predicted molar refractivity (Wildman–Crippen MR) is 172 cm³/mol. The molecule has 4 aromatic rings. The third kappa shape index (κ3) is 7.83. The number of halogens is 1. The van der Waals surface area contributed by atoms with Crippen molar-refractivity contribution in [2.24, 2.45) is 0 Å². The van der Waals surface area contributed by atoms with Crippen LogP contribution >= 0.6 is 11.6 Å². The SMILES string of the molecule is CCNC(=O)C(Cc1ccccc1)N(Cc1ccc(Cl)cc1)C(=O)CN(c1cccc(C)c1C)S(=O)(=O)c1ccccc1. The van der Waals surface area contributed by atoms with Gasteiger partial charge in [-0.05, 0) is 73.4 Å². The largest absolute Gasteiger partial charge is 0.355 e. The van der Waals surface area contributed by atoms with Gasteiger partial charge in [0, 0.05) is 24.5 Å². The van der Waals surface area contributed by atoms with Gasteiger partial charge in [-0.2, -0.15) is 0 Å². The number of hydrogen-bond donors (Lipinski definition) is 1. The van der Waals surface area contributed by atoms with E-state index in [1.54, 1.807) is 54.6 Å². The lowest BCUT2D eigenvalue weighted by atomic mass is 10.0. The van der Waals surface area contributed by atoms with Crippen LogP contribution in [0.4, 0.5) is 5.69 Å². The van der Waals surface area contributed by atoms with Crippen LogP contribution in [0.5, 0.6) is 0 Å². The molecule has 9 heteroatoms. The molecule has 0 fully saturated rings. The van der Waals surface area contributed by atoms with Crippen molar-refractivity contribution in [3.05, 3.63) is 130 Å². The highest BCUT2D eigenvalue weighted by Crippen LogP contribution is 2.29. The number of likely N-dealkylation sites (N-methyl/N-ethyl adjacent to an activating group) is 1. The summed E-state index contributed by atoms with van der Waals surface area (Å²) in [5, 5.41) is 3.41. The number of anilines is 1.